The smallest absolute Gasteiger partial charge is 0.224 e. The zero-order valence-corrected chi connectivity index (χ0v) is 18.4. The van der Waals surface area contributed by atoms with Gasteiger partial charge in [-0.25, -0.2) is 0 Å². The minimum atomic E-state index is 0.104. The van der Waals surface area contributed by atoms with Crippen LogP contribution in [-0.2, 0) is 19.7 Å². The third kappa shape index (κ3) is 7.69. The molecule has 0 saturated carbocycles. The molecule has 0 aliphatic carbocycles. The van der Waals surface area contributed by atoms with E-state index in [9.17, 15) is 9.59 Å². The predicted molar refractivity (Wildman–Crippen MR) is 114 cm³/mol. The highest BCUT2D eigenvalue weighted by molar-refractivity contribution is 5.77. The number of nitrogens with zero attached hydrogens (tertiary/aromatic N) is 2. The van der Waals surface area contributed by atoms with Crippen molar-refractivity contribution in [3.63, 3.8) is 0 Å². The SMILES string of the molecule is COCCC(=O)N1CCCN(C(=O)CCCOc2ccc(C(C)(C)C)cc2)CC1. The summed E-state index contributed by atoms with van der Waals surface area (Å²) in [6.07, 6.45) is 2.38. The van der Waals surface area contributed by atoms with Crippen molar-refractivity contribution in [3.8, 4) is 5.75 Å². The van der Waals surface area contributed by atoms with Gasteiger partial charge in [0.2, 0.25) is 11.8 Å². The summed E-state index contributed by atoms with van der Waals surface area (Å²) in [7, 11) is 1.60. The maximum atomic E-state index is 12.5. The number of methoxy groups -OCH3 is 1. The van der Waals surface area contributed by atoms with Gasteiger partial charge in [-0.2, -0.15) is 0 Å². The molecule has 1 heterocycles. The third-order valence-corrected chi connectivity index (χ3v) is 5.25. The van der Waals surface area contributed by atoms with Crippen LogP contribution in [0.5, 0.6) is 5.75 Å². The molecule has 29 heavy (non-hydrogen) atoms. The highest BCUT2D eigenvalue weighted by atomic mass is 16.5. The first kappa shape index (κ1) is 23.2. The lowest BCUT2D eigenvalue weighted by Crippen LogP contribution is -2.37. The van der Waals surface area contributed by atoms with Crippen LogP contribution in [0.2, 0.25) is 0 Å². The van der Waals surface area contributed by atoms with Gasteiger partial charge in [-0.05, 0) is 36.0 Å². The average Bonchev–Trinajstić information content (AvgIpc) is 2.95. The molecule has 0 unspecified atom stereocenters. The van der Waals surface area contributed by atoms with Gasteiger partial charge < -0.3 is 19.3 Å². The van der Waals surface area contributed by atoms with Gasteiger partial charge in [0.1, 0.15) is 5.75 Å². The molecular weight excluding hydrogens is 368 g/mol. The van der Waals surface area contributed by atoms with Crippen molar-refractivity contribution < 1.29 is 19.1 Å². The Labute approximate surface area is 175 Å². The van der Waals surface area contributed by atoms with Crippen molar-refractivity contribution in [3.05, 3.63) is 29.8 Å². The van der Waals surface area contributed by atoms with Crippen molar-refractivity contribution in [2.75, 3.05) is 46.5 Å². The van der Waals surface area contributed by atoms with Crippen LogP contribution < -0.4 is 4.74 Å². The zero-order chi connectivity index (χ0) is 21.3. The molecule has 162 valence electrons. The molecule has 1 saturated heterocycles. The normalized spacial score (nSPS) is 15.2. The summed E-state index contributed by atoms with van der Waals surface area (Å²) < 4.78 is 10.8. The number of amides is 2. The lowest BCUT2D eigenvalue weighted by atomic mass is 9.87. The van der Waals surface area contributed by atoms with E-state index in [-0.39, 0.29) is 17.2 Å². The number of carbonyl (C=O) groups is 2. The summed E-state index contributed by atoms with van der Waals surface area (Å²) >= 11 is 0. The molecule has 1 fully saturated rings. The van der Waals surface area contributed by atoms with Crippen molar-refractivity contribution in [1.82, 2.24) is 9.80 Å². The minimum Gasteiger partial charge on any atom is -0.494 e. The molecule has 2 rings (SSSR count). The number of ether oxygens (including phenoxy) is 2. The summed E-state index contributed by atoms with van der Waals surface area (Å²) in [5.74, 6) is 1.08. The predicted octanol–water partition coefficient (Wildman–Crippen LogP) is 3.24. The molecular formula is C23H36N2O4. The number of carbonyl (C=O) groups excluding carboxylic acids is 2. The maximum absolute atomic E-state index is 12.5. The monoisotopic (exact) mass is 404 g/mol. The quantitative estimate of drug-likeness (QED) is 0.624. The Balaban J connectivity index is 1.69. The summed E-state index contributed by atoms with van der Waals surface area (Å²) in [5, 5.41) is 0. The van der Waals surface area contributed by atoms with Gasteiger partial charge in [0.05, 0.1) is 19.6 Å². The molecule has 0 aromatic heterocycles. The first-order valence-electron chi connectivity index (χ1n) is 10.6. The maximum Gasteiger partial charge on any atom is 0.224 e. The van der Waals surface area contributed by atoms with Crippen molar-refractivity contribution >= 4 is 11.8 Å². The molecule has 0 radical (unpaired) electrons. The molecule has 1 aliphatic rings. The molecule has 1 aromatic carbocycles. The molecule has 1 aromatic rings. The number of hydrogen-bond donors (Lipinski definition) is 0. The Bertz CT molecular complexity index is 652. The van der Waals surface area contributed by atoms with Crippen molar-refractivity contribution in [2.24, 2.45) is 0 Å². The van der Waals surface area contributed by atoms with Crippen LogP contribution in [0.4, 0.5) is 0 Å². The molecule has 0 spiro atoms. The first-order valence-corrected chi connectivity index (χ1v) is 10.6. The lowest BCUT2D eigenvalue weighted by Gasteiger charge is -2.22. The van der Waals surface area contributed by atoms with Crippen LogP contribution in [0.25, 0.3) is 0 Å². The zero-order valence-electron chi connectivity index (χ0n) is 18.4. The fourth-order valence-corrected chi connectivity index (χ4v) is 3.39. The Morgan fingerprint density at radius 3 is 2.03 bits per heavy atom. The van der Waals surface area contributed by atoms with Gasteiger partial charge in [0, 0.05) is 39.7 Å². The Morgan fingerprint density at radius 1 is 0.897 bits per heavy atom. The number of hydrogen-bond acceptors (Lipinski definition) is 4. The van der Waals surface area contributed by atoms with E-state index in [0.717, 1.165) is 12.2 Å². The van der Waals surface area contributed by atoms with Gasteiger partial charge in [0.15, 0.2) is 0 Å². The fourth-order valence-electron chi connectivity index (χ4n) is 3.39. The molecule has 0 atom stereocenters. The van der Waals surface area contributed by atoms with E-state index in [1.165, 1.54) is 5.56 Å². The standard InChI is InChI=1S/C23H36N2O4/c1-23(2,3)19-8-10-20(11-9-19)29-17-5-7-21(26)24-13-6-14-25(16-15-24)22(27)12-18-28-4/h8-11H,5-7,12-18H2,1-4H3. The molecule has 6 nitrogen and oxygen atoms in total. The molecule has 1 aliphatic heterocycles. The first-order chi connectivity index (χ1) is 13.8. The van der Waals surface area contributed by atoms with Gasteiger partial charge in [-0.1, -0.05) is 32.9 Å². The van der Waals surface area contributed by atoms with Crippen LogP contribution in [0.1, 0.15) is 52.0 Å². The van der Waals surface area contributed by atoms with Gasteiger partial charge in [0.25, 0.3) is 0 Å². The largest absolute Gasteiger partial charge is 0.494 e. The van der Waals surface area contributed by atoms with E-state index in [2.05, 4.69) is 32.9 Å². The van der Waals surface area contributed by atoms with Crippen LogP contribution in [0.15, 0.2) is 24.3 Å². The van der Waals surface area contributed by atoms with Crippen molar-refractivity contribution in [2.45, 2.75) is 51.9 Å². The van der Waals surface area contributed by atoms with Gasteiger partial charge in [-0.3, -0.25) is 9.59 Å². The number of benzene rings is 1. The lowest BCUT2D eigenvalue weighted by molar-refractivity contribution is -0.134. The molecule has 2 amide bonds. The van der Waals surface area contributed by atoms with Gasteiger partial charge >= 0.3 is 0 Å². The third-order valence-electron chi connectivity index (χ3n) is 5.25. The minimum absolute atomic E-state index is 0.104. The summed E-state index contributed by atoms with van der Waals surface area (Å²) in [6, 6.07) is 8.17. The second-order valence-electron chi connectivity index (χ2n) is 8.58. The fraction of sp³-hybridized carbons (Fsp3) is 0.652. The summed E-state index contributed by atoms with van der Waals surface area (Å²) in [4.78, 5) is 28.4. The Hall–Kier alpha value is -2.08. The van der Waals surface area contributed by atoms with Crippen molar-refractivity contribution in [1.29, 1.82) is 0 Å². The molecule has 6 heteroatoms. The highest BCUT2D eigenvalue weighted by Crippen LogP contribution is 2.24. The van der Waals surface area contributed by atoms with E-state index in [4.69, 9.17) is 9.47 Å². The summed E-state index contributed by atoms with van der Waals surface area (Å²) in [5.41, 5.74) is 1.40. The second-order valence-corrected chi connectivity index (χ2v) is 8.58. The van der Waals surface area contributed by atoms with E-state index >= 15 is 0 Å². The van der Waals surface area contributed by atoms with Crippen LogP contribution >= 0.6 is 0 Å². The molecule has 0 N–H and O–H groups in total. The van der Waals surface area contributed by atoms with Crippen LogP contribution in [-0.4, -0.2) is 68.1 Å². The van der Waals surface area contributed by atoms with E-state index in [1.54, 1.807) is 7.11 Å². The van der Waals surface area contributed by atoms with Gasteiger partial charge in [-0.15, -0.1) is 0 Å². The van der Waals surface area contributed by atoms with E-state index < -0.39 is 0 Å². The number of rotatable bonds is 8. The highest BCUT2D eigenvalue weighted by Gasteiger charge is 2.21. The van der Waals surface area contributed by atoms with Crippen LogP contribution in [0, 0.1) is 0 Å². The second kappa shape index (κ2) is 11.2. The van der Waals surface area contributed by atoms with Crippen LogP contribution in [0.3, 0.4) is 0 Å². The molecule has 0 bridgehead atoms. The average molecular weight is 405 g/mol. The Kier molecular flexibility index (Phi) is 8.96. The van der Waals surface area contributed by atoms with E-state index in [0.29, 0.717) is 58.7 Å². The topological polar surface area (TPSA) is 59.1 Å². The summed E-state index contributed by atoms with van der Waals surface area (Å²) in [6.45, 7) is 10.1. The van der Waals surface area contributed by atoms with E-state index in [1.807, 2.05) is 21.9 Å². The Morgan fingerprint density at radius 2 is 1.48 bits per heavy atom.